The van der Waals surface area contributed by atoms with Gasteiger partial charge in [-0.2, -0.15) is 0 Å². The second-order valence-electron chi connectivity index (χ2n) is 6.81. The Morgan fingerprint density at radius 3 is 2.58 bits per heavy atom. The van der Waals surface area contributed by atoms with Crippen molar-refractivity contribution in [1.82, 2.24) is 15.5 Å². The zero-order valence-corrected chi connectivity index (χ0v) is 15.1. The summed E-state index contributed by atoms with van der Waals surface area (Å²) in [5.74, 6) is -0.290. The zero-order chi connectivity index (χ0) is 16.9. The molecule has 1 aliphatic heterocycles. The number of likely N-dealkylation sites (tertiary alicyclic amines) is 1. The number of carbonyl (C=O) groups is 2. The monoisotopic (exact) mass is 354 g/mol. The number of nitrogens with two attached hydrogens (primary N) is 1. The number of piperidine rings is 1. The third kappa shape index (κ3) is 6.11. The maximum absolute atomic E-state index is 12.0. The fourth-order valence-corrected chi connectivity index (χ4v) is 2.81. The largest absolute Gasteiger partial charge is 0.334 e. The highest BCUT2D eigenvalue weighted by atomic mass is 35.5. The Bertz CT molecular complexity index is 551. The molecule has 4 N–H and O–H groups in total. The van der Waals surface area contributed by atoms with Gasteiger partial charge < -0.3 is 11.1 Å². The molecule has 0 saturated carbocycles. The van der Waals surface area contributed by atoms with Crippen LogP contribution in [0.3, 0.4) is 0 Å². The Labute approximate surface area is 149 Å². The number of nitrogens with zero attached hydrogens (tertiary/aromatic N) is 1. The van der Waals surface area contributed by atoms with Crippen LogP contribution in [0.15, 0.2) is 30.3 Å². The van der Waals surface area contributed by atoms with Crippen LogP contribution in [0.5, 0.6) is 0 Å². The maximum atomic E-state index is 12.0. The number of imide groups is 1. The van der Waals surface area contributed by atoms with E-state index >= 15 is 0 Å². The number of rotatable bonds is 4. The van der Waals surface area contributed by atoms with Crippen molar-refractivity contribution in [2.75, 3.05) is 19.6 Å². The molecule has 1 aliphatic rings. The second kappa shape index (κ2) is 9.01. The number of nitrogens with one attached hydrogen (secondary N) is 2. The molecule has 1 heterocycles. The van der Waals surface area contributed by atoms with E-state index in [1.165, 1.54) is 0 Å². The summed E-state index contributed by atoms with van der Waals surface area (Å²) < 4.78 is 0. The summed E-state index contributed by atoms with van der Waals surface area (Å²) in [4.78, 5) is 25.8. The minimum atomic E-state index is -0.466. The summed E-state index contributed by atoms with van der Waals surface area (Å²) in [6.07, 6.45) is 0.862. The smallest absolute Gasteiger partial charge is 0.321 e. The molecule has 0 aliphatic carbocycles. The van der Waals surface area contributed by atoms with Crippen LogP contribution in [0, 0.1) is 5.41 Å². The summed E-state index contributed by atoms with van der Waals surface area (Å²) in [5, 5.41) is 5.06. The second-order valence-corrected chi connectivity index (χ2v) is 6.81. The van der Waals surface area contributed by atoms with E-state index in [1.807, 2.05) is 35.2 Å². The summed E-state index contributed by atoms with van der Waals surface area (Å²) in [6, 6.07) is 9.25. The van der Waals surface area contributed by atoms with E-state index in [2.05, 4.69) is 24.5 Å². The topological polar surface area (TPSA) is 87.5 Å². The number of carbonyl (C=O) groups excluding carboxylic acids is 2. The van der Waals surface area contributed by atoms with Crippen molar-refractivity contribution >= 4 is 24.3 Å². The third-order valence-corrected chi connectivity index (χ3v) is 4.31. The molecule has 1 atom stereocenters. The van der Waals surface area contributed by atoms with Gasteiger partial charge in [-0.1, -0.05) is 44.2 Å². The van der Waals surface area contributed by atoms with E-state index in [0.29, 0.717) is 6.54 Å². The quantitative estimate of drug-likeness (QED) is 0.764. The average Bonchev–Trinajstić information content (AvgIpc) is 2.49. The minimum absolute atomic E-state index is 0. The summed E-state index contributed by atoms with van der Waals surface area (Å²) in [6.45, 7) is 6.36. The molecule has 1 fully saturated rings. The van der Waals surface area contributed by atoms with E-state index in [4.69, 9.17) is 5.73 Å². The fourth-order valence-electron chi connectivity index (χ4n) is 2.81. The molecule has 0 bridgehead atoms. The van der Waals surface area contributed by atoms with Gasteiger partial charge in [0.2, 0.25) is 5.91 Å². The first-order chi connectivity index (χ1) is 10.9. The number of amides is 3. The molecule has 2 rings (SSSR count). The standard InChI is InChI=1S/C17H26N4O2.ClH/c1-17(2)12-21(9-8-14(17)18)11-15(22)20-16(23)19-10-13-6-4-3-5-7-13;/h3-7,14H,8-12,18H2,1-2H3,(H2,19,20,22,23);1H. The van der Waals surface area contributed by atoms with Crippen LogP contribution in [-0.4, -0.2) is 42.5 Å². The van der Waals surface area contributed by atoms with Gasteiger partial charge in [0.25, 0.3) is 0 Å². The van der Waals surface area contributed by atoms with Gasteiger partial charge in [0.1, 0.15) is 0 Å². The molecule has 0 radical (unpaired) electrons. The highest BCUT2D eigenvalue weighted by Gasteiger charge is 2.33. The van der Waals surface area contributed by atoms with Crippen LogP contribution in [0.1, 0.15) is 25.8 Å². The van der Waals surface area contributed by atoms with E-state index in [0.717, 1.165) is 25.1 Å². The molecule has 6 nitrogen and oxygen atoms in total. The molecule has 1 aromatic rings. The van der Waals surface area contributed by atoms with Gasteiger partial charge in [0.15, 0.2) is 0 Å². The average molecular weight is 355 g/mol. The first-order valence-electron chi connectivity index (χ1n) is 7.96. The van der Waals surface area contributed by atoms with Crippen molar-refractivity contribution in [2.24, 2.45) is 11.1 Å². The number of hydrogen-bond donors (Lipinski definition) is 3. The summed E-state index contributed by atoms with van der Waals surface area (Å²) in [5.41, 5.74) is 7.06. The highest BCUT2D eigenvalue weighted by Crippen LogP contribution is 2.27. The number of halogens is 1. The molecule has 1 aromatic carbocycles. The molecular weight excluding hydrogens is 328 g/mol. The van der Waals surface area contributed by atoms with Crippen LogP contribution < -0.4 is 16.4 Å². The van der Waals surface area contributed by atoms with E-state index in [9.17, 15) is 9.59 Å². The Morgan fingerprint density at radius 2 is 1.96 bits per heavy atom. The van der Waals surface area contributed by atoms with Gasteiger partial charge in [-0.25, -0.2) is 4.79 Å². The van der Waals surface area contributed by atoms with Crippen LogP contribution in [0.2, 0.25) is 0 Å². The molecule has 3 amide bonds. The molecule has 1 saturated heterocycles. The van der Waals surface area contributed by atoms with Gasteiger partial charge in [-0.05, 0) is 17.4 Å². The lowest BCUT2D eigenvalue weighted by atomic mass is 9.80. The first kappa shape index (κ1) is 20.4. The summed E-state index contributed by atoms with van der Waals surface area (Å²) in [7, 11) is 0. The first-order valence-corrected chi connectivity index (χ1v) is 7.96. The van der Waals surface area contributed by atoms with Gasteiger partial charge in [-0.3, -0.25) is 15.0 Å². The molecule has 0 spiro atoms. The Balaban J connectivity index is 0.00000288. The normalized spacial score (nSPS) is 19.9. The van der Waals surface area contributed by atoms with Gasteiger partial charge >= 0.3 is 6.03 Å². The Kier molecular flexibility index (Phi) is 7.66. The van der Waals surface area contributed by atoms with Crippen molar-refractivity contribution in [3.63, 3.8) is 0 Å². The fraction of sp³-hybridized carbons (Fsp3) is 0.529. The number of benzene rings is 1. The molecule has 7 heteroatoms. The lowest BCUT2D eigenvalue weighted by molar-refractivity contribution is -0.122. The molecule has 0 aromatic heterocycles. The molecule has 134 valence electrons. The van der Waals surface area contributed by atoms with Crippen molar-refractivity contribution in [2.45, 2.75) is 32.9 Å². The van der Waals surface area contributed by atoms with Crippen LogP contribution in [0.25, 0.3) is 0 Å². The van der Waals surface area contributed by atoms with E-state index in [1.54, 1.807) is 0 Å². The van der Waals surface area contributed by atoms with Crippen molar-refractivity contribution in [3.8, 4) is 0 Å². The van der Waals surface area contributed by atoms with Crippen LogP contribution >= 0.6 is 12.4 Å². The van der Waals surface area contributed by atoms with Crippen molar-refractivity contribution < 1.29 is 9.59 Å². The summed E-state index contributed by atoms with van der Waals surface area (Å²) >= 11 is 0. The van der Waals surface area contributed by atoms with Gasteiger partial charge in [0, 0.05) is 25.7 Å². The zero-order valence-electron chi connectivity index (χ0n) is 14.2. The molecular formula is C17H27ClN4O2. The minimum Gasteiger partial charge on any atom is -0.334 e. The Morgan fingerprint density at radius 1 is 1.29 bits per heavy atom. The van der Waals surface area contributed by atoms with E-state index in [-0.39, 0.29) is 36.3 Å². The molecule has 24 heavy (non-hydrogen) atoms. The lowest BCUT2D eigenvalue weighted by Gasteiger charge is -2.42. The number of hydrogen-bond acceptors (Lipinski definition) is 4. The van der Waals surface area contributed by atoms with Crippen LogP contribution in [0.4, 0.5) is 4.79 Å². The maximum Gasteiger partial charge on any atom is 0.321 e. The van der Waals surface area contributed by atoms with Crippen LogP contribution in [-0.2, 0) is 11.3 Å². The van der Waals surface area contributed by atoms with Gasteiger partial charge in [0.05, 0.1) is 6.54 Å². The van der Waals surface area contributed by atoms with E-state index < -0.39 is 6.03 Å². The third-order valence-electron chi connectivity index (χ3n) is 4.31. The Hall–Kier alpha value is -1.63. The molecule has 1 unspecified atom stereocenters. The predicted molar refractivity (Wildman–Crippen MR) is 96.9 cm³/mol. The van der Waals surface area contributed by atoms with Crippen molar-refractivity contribution in [1.29, 1.82) is 0 Å². The SMILES string of the molecule is CC1(C)CN(CC(=O)NC(=O)NCc2ccccc2)CCC1N.Cl. The lowest BCUT2D eigenvalue weighted by Crippen LogP contribution is -2.54. The van der Waals surface area contributed by atoms with Gasteiger partial charge in [-0.15, -0.1) is 12.4 Å². The highest BCUT2D eigenvalue weighted by molar-refractivity contribution is 5.95. The predicted octanol–water partition coefficient (Wildman–Crippen LogP) is 1.49. The van der Waals surface area contributed by atoms with Crippen molar-refractivity contribution in [3.05, 3.63) is 35.9 Å². The number of urea groups is 1.